The molecule has 168 valence electrons. The summed E-state index contributed by atoms with van der Waals surface area (Å²) in [6.45, 7) is 1.61. The number of hydrogen-bond donors (Lipinski definition) is 1. The summed E-state index contributed by atoms with van der Waals surface area (Å²) in [5, 5.41) is 0.619. The molecule has 2 heterocycles. The number of hydrogen-bond acceptors (Lipinski definition) is 7. The number of rotatable bonds is 7. The van der Waals surface area contributed by atoms with E-state index >= 15 is 0 Å². The summed E-state index contributed by atoms with van der Waals surface area (Å²) in [5.74, 6) is -1.18. The van der Waals surface area contributed by atoms with Gasteiger partial charge in [-0.2, -0.15) is 4.98 Å². The van der Waals surface area contributed by atoms with Gasteiger partial charge < -0.3 is 9.64 Å². The van der Waals surface area contributed by atoms with Crippen LogP contribution in [0.2, 0.25) is 0 Å². The molecule has 31 heavy (non-hydrogen) atoms. The summed E-state index contributed by atoms with van der Waals surface area (Å²) in [4.78, 5) is 11.6. The van der Waals surface area contributed by atoms with Crippen molar-refractivity contribution in [3.05, 3.63) is 42.3 Å². The summed E-state index contributed by atoms with van der Waals surface area (Å²) in [7, 11) is -4.19. The zero-order valence-corrected chi connectivity index (χ0v) is 17.5. The monoisotopic (exact) mass is 457 g/mol. The van der Waals surface area contributed by atoms with E-state index in [1.807, 2.05) is 6.92 Å². The minimum atomic E-state index is -4.19. The highest BCUT2D eigenvalue weighted by Gasteiger charge is 2.49. The second kappa shape index (κ2) is 8.24. The third-order valence-electron chi connectivity index (χ3n) is 5.26. The predicted molar refractivity (Wildman–Crippen MR) is 107 cm³/mol. The van der Waals surface area contributed by atoms with E-state index in [-0.39, 0.29) is 28.3 Å². The van der Waals surface area contributed by atoms with Crippen LogP contribution in [-0.4, -0.2) is 56.2 Å². The molecule has 1 saturated carbocycles. The maximum Gasteiger partial charge on any atom is 0.257 e. The van der Waals surface area contributed by atoms with Gasteiger partial charge in [0, 0.05) is 6.54 Å². The minimum Gasteiger partial charge on any atom is -0.371 e. The third-order valence-corrected chi connectivity index (χ3v) is 6.61. The van der Waals surface area contributed by atoms with Gasteiger partial charge in [-0.15, -0.1) is 4.83 Å². The molecule has 2 fully saturated rings. The van der Waals surface area contributed by atoms with Crippen molar-refractivity contribution in [1.29, 1.82) is 0 Å². The summed E-state index contributed by atoms with van der Waals surface area (Å²) < 4.78 is 72.2. The van der Waals surface area contributed by atoms with Gasteiger partial charge in [-0.05, 0) is 31.9 Å². The van der Waals surface area contributed by atoms with Crippen molar-refractivity contribution in [2.45, 2.75) is 42.7 Å². The highest BCUT2D eigenvalue weighted by Crippen LogP contribution is 2.44. The minimum absolute atomic E-state index is 0.0785. The van der Waals surface area contributed by atoms with E-state index in [2.05, 4.69) is 14.8 Å². The number of ether oxygens (including phenoxy) is 1. The lowest BCUT2D eigenvalue weighted by Gasteiger charge is -2.39. The molecule has 1 aromatic carbocycles. The van der Waals surface area contributed by atoms with E-state index in [1.165, 1.54) is 24.3 Å². The highest BCUT2D eigenvalue weighted by atomic mass is 32.2. The van der Waals surface area contributed by atoms with Crippen LogP contribution in [0.15, 0.2) is 41.4 Å². The molecule has 2 aliphatic rings. The van der Waals surface area contributed by atoms with Crippen molar-refractivity contribution >= 4 is 21.8 Å². The lowest BCUT2D eigenvalue weighted by molar-refractivity contribution is 0.00292. The van der Waals surface area contributed by atoms with E-state index in [0.29, 0.717) is 18.2 Å². The Hall–Kier alpha value is -2.44. The number of sulfonamides is 1. The van der Waals surface area contributed by atoms with Gasteiger partial charge in [0.2, 0.25) is 5.95 Å². The number of nitrogens with zero attached hydrogens (tertiary/aromatic N) is 4. The van der Waals surface area contributed by atoms with Crippen molar-refractivity contribution in [2.75, 3.05) is 29.6 Å². The van der Waals surface area contributed by atoms with Gasteiger partial charge in [0.15, 0.2) is 11.6 Å². The van der Waals surface area contributed by atoms with Gasteiger partial charge in [-0.3, -0.25) is 5.01 Å². The number of aromatic nitrogens is 2. The molecule has 1 atom stereocenters. The van der Waals surface area contributed by atoms with E-state index in [9.17, 15) is 21.6 Å². The fourth-order valence-electron chi connectivity index (χ4n) is 3.40. The average molecular weight is 457 g/mol. The number of hydrazine groups is 1. The second-order valence-electron chi connectivity index (χ2n) is 7.72. The van der Waals surface area contributed by atoms with E-state index in [0.717, 1.165) is 19.0 Å². The van der Waals surface area contributed by atoms with Gasteiger partial charge >= 0.3 is 0 Å². The quantitative estimate of drug-likeness (QED) is 0.639. The molecule has 1 N–H and O–H groups in total. The number of benzene rings is 1. The Morgan fingerprint density at radius 3 is 2.68 bits per heavy atom. The lowest BCUT2D eigenvalue weighted by atomic mass is 10.2. The van der Waals surface area contributed by atoms with Crippen molar-refractivity contribution in [3.8, 4) is 0 Å². The Morgan fingerprint density at radius 2 is 2.03 bits per heavy atom. The van der Waals surface area contributed by atoms with E-state index < -0.39 is 28.8 Å². The lowest BCUT2D eigenvalue weighted by Crippen LogP contribution is -2.51. The van der Waals surface area contributed by atoms with Gasteiger partial charge in [-0.1, -0.05) is 18.2 Å². The van der Waals surface area contributed by atoms with Crippen LogP contribution in [0.4, 0.5) is 24.9 Å². The largest absolute Gasteiger partial charge is 0.371 e. The fraction of sp³-hybridized carbons (Fsp3) is 0.474. The molecular formula is C19H22F3N5O3S. The zero-order valence-electron chi connectivity index (χ0n) is 16.7. The van der Waals surface area contributed by atoms with Crippen molar-refractivity contribution in [3.63, 3.8) is 0 Å². The molecule has 4 rings (SSSR count). The maximum atomic E-state index is 14.6. The van der Waals surface area contributed by atoms with Gasteiger partial charge in [0.25, 0.3) is 16.4 Å². The number of morpholine rings is 1. The first-order valence-corrected chi connectivity index (χ1v) is 11.2. The summed E-state index contributed by atoms with van der Waals surface area (Å²) in [6.07, 6.45) is -0.337. The highest BCUT2D eigenvalue weighted by molar-refractivity contribution is 7.89. The SMILES string of the molecule is C[C@H]1COC2(CC2)CN1c1nc(N(CC(F)F)NS(=O)(=O)c2ccccc2)ncc1F. The van der Waals surface area contributed by atoms with E-state index in [4.69, 9.17) is 4.74 Å². The van der Waals surface area contributed by atoms with Crippen molar-refractivity contribution < 1.29 is 26.3 Å². The third kappa shape index (κ3) is 4.75. The molecule has 1 saturated heterocycles. The van der Waals surface area contributed by atoms with Crippen LogP contribution >= 0.6 is 0 Å². The normalized spacial score (nSPS) is 20.3. The topological polar surface area (TPSA) is 87.7 Å². The van der Waals surface area contributed by atoms with Crippen molar-refractivity contribution in [2.24, 2.45) is 0 Å². The Morgan fingerprint density at radius 1 is 1.32 bits per heavy atom. The predicted octanol–water partition coefficient (Wildman–Crippen LogP) is 2.34. The van der Waals surface area contributed by atoms with Crippen LogP contribution in [0.5, 0.6) is 0 Å². The average Bonchev–Trinajstić information content (AvgIpc) is 3.49. The van der Waals surface area contributed by atoms with Crippen molar-refractivity contribution in [1.82, 2.24) is 14.8 Å². The fourth-order valence-corrected chi connectivity index (χ4v) is 4.47. The molecule has 1 aliphatic heterocycles. The van der Waals surface area contributed by atoms with Crippen LogP contribution in [0.25, 0.3) is 0 Å². The second-order valence-corrected chi connectivity index (χ2v) is 9.38. The molecule has 0 bridgehead atoms. The first-order valence-electron chi connectivity index (χ1n) is 9.75. The number of nitrogens with one attached hydrogen (secondary N) is 1. The number of anilines is 2. The Bertz CT molecular complexity index is 1040. The smallest absolute Gasteiger partial charge is 0.257 e. The molecule has 12 heteroatoms. The molecular weight excluding hydrogens is 435 g/mol. The molecule has 0 unspecified atom stereocenters. The Balaban J connectivity index is 1.65. The van der Waals surface area contributed by atoms with Gasteiger partial charge in [-0.25, -0.2) is 26.6 Å². The standard InChI is InChI=1S/C19H22F3N5O3S/c1-13-11-30-19(7-8-19)12-26(13)17-15(20)9-23-18(24-17)27(10-16(21)22)25-31(28,29)14-5-3-2-4-6-14/h2-6,9,13,16,25H,7-8,10-12H2,1H3/t13-/m0/s1. The molecule has 1 spiro atoms. The number of alkyl halides is 2. The summed E-state index contributed by atoms with van der Waals surface area (Å²) in [6, 6.07) is 7.09. The molecule has 2 aromatic rings. The Labute approximate surface area is 178 Å². The molecule has 0 amide bonds. The summed E-state index contributed by atoms with van der Waals surface area (Å²) in [5.41, 5.74) is -0.332. The molecule has 0 radical (unpaired) electrons. The first-order chi connectivity index (χ1) is 14.7. The molecule has 1 aliphatic carbocycles. The summed E-state index contributed by atoms with van der Waals surface area (Å²) >= 11 is 0. The maximum absolute atomic E-state index is 14.6. The molecule has 8 nitrogen and oxygen atoms in total. The zero-order chi connectivity index (χ0) is 22.2. The van der Waals surface area contributed by atoms with Crippen LogP contribution in [-0.2, 0) is 14.8 Å². The van der Waals surface area contributed by atoms with Gasteiger partial charge in [0.05, 0.1) is 35.9 Å². The first kappa shape index (κ1) is 21.8. The molecule has 1 aromatic heterocycles. The van der Waals surface area contributed by atoms with Gasteiger partial charge in [0.1, 0.15) is 0 Å². The van der Waals surface area contributed by atoms with Crippen LogP contribution < -0.4 is 14.7 Å². The van der Waals surface area contributed by atoms with Crippen LogP contribution in [0, 0.1) is 5.82 Å². The van der Waals surface area contributed by atoms with Crippen LogP contribution in [0.3, 0.4) is 0 Å². The van der Waals surface area contributed by atoms with E-state index in [1.54, 1.807) is 11.0 Å². The Kier molecular flexibility index (Phi) is 5.79. The van der Waals surface area contributed by atoms with Crippen LogP contribution in [0.1, 0.15) is 19.8 Å². The number of halogens is 3.